The number of hydrogen-bond donors (Lipinski definition) is 1. The maximum atomic E-state index is 14.1. The molecule has 0 aliphatic carbocycles. The normalized spacial score (nSPS) is 13.2. The van der Waals surface area contributed by atoms with Crippen molar-refractivity contribution in [3.05, 3.63) is 90.0 Å². The molecule has 2 amide bonds. The molecule has 1 aliphatic heterocycles. The first-order valence-corrected chi connectivity index (χ1v) is 15.0. The minimum absolute atomic E-state index is 0.134. The Balaban J connectivity index is 1.72. The summed E-state index contributed by atoms with van der Waals surface area (Å²) in [5.74, 6) is -0.0854. The van der Waals surface area contributed by atoms with E-state index < -0.39 is 28.5 Å². The first-order valence-electron chi connectivity index (χ1n) is 13.4. The number of amides is 2. The number of ether oxygens (including phenoxy) is 2. The molecule has 10 heteroatoms. The predicted octanol–water partition coefficient (Wildman–Crippen LogP) is 3.39. The summed E-state index contributed by atoms with van der Waals surface area (Å²) >= 11 is 0. The summed E-state index contributed by atoms with van der Waals surface area (Å²) in [5.41, 5.74) is 1.99. The first kappa shape index (κ1) is 28.9. The lowest BCUT2D eigenvalue weighted by Gasteiger charge is -2.34. The quantitative estimate of drug-likeness (QED) is 0.361. The molecule has 3 aromatic rings. The Kier molecular flexibility index (Phi) is 9.65. The number of carbonyl (C=O) groups is 2. The molecule has 1 heterocycles. The highest BCUT2D eigenvalue weighted by molar-refractivity contribution is 7.92. The lowest BCUT2D eigenvalue weighted by atomic mass is 10.0. The van der Waals surface area contributed by atoms with Gasteiger partial charge in [0.15, 0.2) is 11.5 Å². The Morgan fingerprint density at radius 3 is 2.12 bits per heavy atom. The van der Waals surface area contributed by atoms with Gasteiger partial charge in [-0.25, -0.2) is 8.42 Å². The molecule has 0 saturated heterocycles. The van der Waals surface area contributed by atoms with Gasteiger partial charge in [0.25, 0.3) is 0 Å². The average Bonchev–Trinajstić information content (AvgIpc) is 2.98. The maximum absolute atomic E-state index is 14.1. The molecule has 4 rings (SSSR count). The van der Waals surface area contributed by atoms with Crippen molar-refractivity contribution in [1.29, 1.82) is 0 Å². The monoisotopic (exact) mass is 565 g/mol. The molecule has 1 atom stereocenters. The fourth-order valence-electron chi connectivity index (χ4n) is 4.53. The third-order valence-electron chi connectivity index (χ3n) is 6.61. The van der Waals surface area contributed by atoms with Crippen LogP contribution < -0.4 is 19.1 Å². The minimum Gasteiger partial charge on any atom is -0.486 e. The summed E-state index contributed by atoms with van der Waals surface area (Å²) < 4.78 is 38.9. The molecule has 0 bridgehead atoms. The average molecular weight is 566 g/mol. The molecule has 0 saturated carbocycles. The van der Waals surface area contributed by atoms with Gasteiger partial charge in [-0.15, -0.1) is 0 Å². The molecule has 9 nitrogen and oxygen atoms in total. The zero-order valence-electron chi connectivity index (χ0n) is 22.8. The summed E-state index contributed by atoms with van der Waals surface area (Å²) in [6, 6.07) is 22.7. The van der Waals surface area contributed by atoms with E-state index >= 15 is 0 Å². The molecule has 0 radical (unpaired) electrons. The Hall–Kier alpha value is -4.05. The lowest BCUT2D eigenvalue weighted by Crippen LogP contribution is -2.53. The Morgan fingerprint density at radius 2 is 1.50 bits per heavy atom. The molecule has 40 heavy (non-hydrogen) atoms. The van der Waals surface area contributed by atoms with E-state index in [2.05, 4.69) is 5.32 Å². The van der Waals surface area contributed by atoms with Gasteiger partial charge in [-0.2, -0.15) is 0 Å². The van der Waals surface area contributed by atoms with Crippen molar-refractivity contribution in [2.24, 2.45) is 0 Å². The highest BCUT2D eigenvalue weighted by atomic mass is 32.2. The van der Waals surface area contributed by atoms with E-state index in [0.717, 1.165) is 15.4 Å². The van der Waals surface area contributed by atoms with Crippen LogP contribution in [-0.4, -0.2) is 63.2 Å². The van der Waals surface area contributed by atoms with Gasteiger partial charge in [0, 0.05) is 25.6 Å². The highest BCUT2D eigenvalue weighted by Gasteiger charge is 2.33. The number of nitrogens with zero attached hydrogens (tertiary/aromatic N) is 2. The smallest absolute Gasteiger partial charge is 0.244 e. The molecule has 0 aromatic heterocycles. The van der Waals surface area contributed by atoms with Crippen LogP contribution in [-0.2, 0) is 32.6 Å². The molecule has 1 N–H and O–H groups in total. The molecule has 1 aliphatic rings. The largest absolute Gasteiger partial charge is 0.486 e. The number of anilines is 1. The van der Waals surface area contributed by atoms with Crippen LogP contribution in [0, 0.1) is 0 Å². The van der Waals surface area contributed by atoms with Gasteiger partial charge in [0.1, 0.15) is 25.8 Å². The topological polar surface area (TPSA) is 105 Å². The van der Waals surface area contributed by atoms with E-state index in [0.29, 0.717) is 31.3 Å². The number of nitrogens with one attached hydrogen (secondary N) is 1. The second-order valence-electron chi connectivity index (χ2n) is 9.34. The summed E-state index contributed by atoms with van der Waals surface area (Å²) in [5, 5.41) is 2.85. The van der Waals surface area contributed by atoms with Crippen LogP contribution in [0.5, 0.6) is 11.5 Å². The van der Waals surface area contributed by atoms with E-state index in [9.17, 15) is 18.0 Å². The molecular weight excluding hydrogens is 530 g/mol. The van der Waals surface area contributed by atoms with Crippen molar-refractivity contribution in [3.8, 4) is 11.5 Å². The fraction of sp³-hybridized carbons (Fsp3) is 0.333. The number of sulfonamides is 1. The molecule has 3 aromatic carbocycles. The van der Waals surface area contributed by atoms with Crippen LogP contribution in [0.15, 0.2) is 78.9 Å². The number of rotatable bonds is 12. The molecule has 212 valence electrons. The Labute approximate surface area is 235 Å². The van der Waals surface area contributed by atoms with Crippen molar-refractivity contribution in [3.63, 3.8) is 0 Å². The standard InChI is InChI=1S/C30H35N3O6S/c1-3-31-30(35)26(19-23-11-7-5-8-12-23)32(21-24-13-9-6-10-14-24)29(34)22-33(40(36,37)4-2)25-15-16-27-28(20-25)39-18-17-38-27/h5-16,20,26H,3-4,17-19,21-22H2,1-2H3,(H,31,35)/t26-/m0/s1. The SMILES string of the molecule is CCNC(=O)[C@H](Cc1ccccc1)N(Cc1ccccc1)C(=O)CN(c1ccc2c(c1)OCCO2)S(=O)(=O)CC. The van der Waals surface area contributed by atoms with Crippen LogP contribution >= 0.6 is 0 Å². The third-order valence-corrected chi connectivity index (χ3v) is 8.35. The molecule has 0 spiro atoms. The summed E-state index contributed by atoms with van der Waals surface area (Å²) in [7, 11) is -3.87. The number of likely N-dealkylation sites (N-methyl/N-ethyl adjacent to an activating group) is 1. The van der Waals surface area contributed by atoms with Crippen molar-refractivity contribution in [2.45, 2.75) is 32.9 Å². The molecular formula is C30H35N3O6S. The minimum atomic E-state index is -3.87. The van der Waals surface area contributed by atoms with Crippen molar-refractivity contribution >= 4 is 27.5 Å². The Morgan fingerprint density at radius 1 is 0.875 bits per heavy atom. The second-order valence-corrected chi connectivity index (χ2v) is 11.5. The van der Waals surface area contributed by atoms with Crippen LogP contribution in [0.3, 0.4) is 0 Å². The van der Waals surface area contributed by atoms with Gasteiger partial charge < -0.3 is 19.7 Å². The first-order chi connectivity index (χ1) is 19.3. The summed E-state index contributed by atoms with van der Waals surface area (Å²) in [4.78, 5) is 29.0. The summed E-state index contributed by atoms with van der Waals surface area (Å²) in [6.45, 7) is 4.14. The van der Waals surface area contributed by atoms with Gasteiger partial charge in [-0.1, -0.05) is 60.7 Å². The number of carbonyl (C=O) groups excluding carboxylic acids is 2. The van der Waals surface area contributed by atoms with Crippen molar-refractivity contribution in [1.82, 2.24) is 10.2 Å². The van der Waals surface area contributed by atoms with Crippen molar-refractivity contribution < 1.29 is 27.5 Å². The second kappa shape index (κ2) is 13.3. The zero-order chi connectivity index (χ0) is 28.5. The van der Waals surface area contributed by atoms with Gasteiger partial charge in [-0.05, 0) is 37.1 Å². The van der Waals surface area contributed by atoms with Crippen LogP contribution in [0.1, 0.15) is 25.0 Å². The number of hydrogen-bond acceptors (Lipinski definition) is 6. The third kappa shape index (κ3) is 7.12. The predicted molar refractivity (Wildman–Crippen MR) is 154 cm³/mol. The lowest BCUT2D eigenvalue weighted by molar-refractivity contribution is -0.140. The van der Waals surface area contributed by atoms with E-state index in [1.165, 1.54) is 11.8 Å². The number of fused-ring (bicyclic) bond motifs is 1. The van der Waals surface area contributed by atoms with Gasteiger partial charge in [-0.3, -0.25) is 13.9 Å². The zero-order valence-corrected chi connectivity index (χ0v) is 23.6. The molecule has 0 fully saturated rings. The Bertz CT molecular complexity index is 1400. The van der Waals surface area contributed by atoms with Gasteiger partial charge in [0.05, 0.1) is 11.4 Å². The van der Waals surface area contributed by atoms with Gasteiger partial charge >= 0.3 is 0 Å². The summed E-state index contributed by atoms with van der Waals surface area (Å²) in [6.07, 6.45) is 0.274. The van der Waals surface area contributed by atoms with Crippen molar-refractivity contribution in [2.75, 3.05) is 36.4 Å². The molecule has 0 unspecified atom stereocenters. The van der Waals surface area contributed by atoms with E-state index in [1.807, 2.05) is 67.6 Å². The fourth-order valence-corrected chi connectivity index (χ4v) is 5.59. The van der Waals surface area contributed by atoms with Crippen LogP contribution in [0.4, 0.5) is 5.69 Å². The van der Waals surface area contributed by atoms with E-state index in [1.54, 1.807) is 18.2 Å². The van der Waals surface area contributed by atoms with E-state index in [4.69, 9.17) is 9.47 Å². The van der Waals surface area contributed by atoms with Gasteiger partial charge in [0.2, 0.25) is 21.8 Å². The van der Waals surface area contributed by atoms with Crippen LogP contribution in [0.2, 0.25) is 0 Å². The van der Waals surface area contributed by atoms with E-state index in [-0.39, 0.29) is 30.3 Å². The van der Waals surface area contributed by atoms with Crippen LogP contribution in [0.25, 0.3) is 0 Å². The highest BCUT2D eigenvalue weighted by Crippen LogP contribution is 2.35. The maximum Gasteiger partial charge on any atom is 0.244 e. The number of benzene rings is 3.